The number of hydrogen-bond acceptors (Lipinski definition) is 5. The minimum Gasteiger partial charge on any atom is -0.489 e. The fourth-order valence-electron chi connectivity index (χ4n) is 2.98. The molecule has 0 N–H and O–H groups in total. The van der Waals surface area contributed by atoms with Crippen LogP contribution in [-0.2, 0) is 17.5 Å². The van der Waals surface area contributed by atoms with Gasteiger partial charge in [0.15, 0.2) is 5.65 Å². The van der Waals surface area contributed by atoms with Crippen LogP contribution in [0.3, 0.4) is 0 Å². The molecular weight excluding hydrogens is 397 g/mol. The zero-order valence-electron chi connectivity index (χ0n) is 16.1. The van der Waals surface area contributed by atoms with Gasteiger partial charge in [-0.05, 0) is 24.1 Å². The van der Waals surface area contributed by atoms with Crippen LogP contribution in [0.2, 0.25) is 0 Å². The van der Waals surface area contributed by atoms with Crippen LogP contribution in [0.15, 0.2) is 54.9 Å². The first-order valence-electron chi connectivity index (χ1n) is 9.00. The van der Waals surface area contributed by atoms with E-state index in [1.807, 2.05) is 30.3 Å². The summed E-state index contributed by atoms with van der Waals surface area (Å²) in [6, 6.07) is 12.3. The van der Waals surface area contributed by atoms with Crippen molar-refractivity contribution >= 4 is 5.65 Å². The number of fused-ring (bicyclic) bond motifs is 1. The summed E-state index contributed by atoms with van der Waals surface area (Å²) in [7, 11) is 0.861. The third-order valence-electron chi connectivity index (χ3n) is 4.59. The van der Waals surface area contributed by atoms with Crippen molar-refractivity contribution in [3.05, 3.63) is 77.6 Å². The van der Waals surface area contributed by atoms with E-state index in [0.29, 0.717) is 17.9 Å². The highest BCUT2D eigenvalue weighted by Crippen LogP contribution is 2.31. The maximum absolute atomic E-state index is 14.8. The van der Waals surface area contributed by atoms with Crippen molar-refractivity contribution < 1.29 is 22.6 Å². The molecule has 4 aromatic rings. The lowest BCUT2D eigenvalue weighted by Gasteiger charge is -2.13. The van der Waals surface area contributed by atoms with Crippen LogP contribution in [0, 0.1) is 12.7 Å². The van der Waals surface area contributed by atoms with E-state index in [1.54, 1.807) is 13.0 Å². The number of ether oxygens (including phenoxy) is 2. The first-order valence-corrected chi connectivity index (χ1v) is 9.00. The van der Waals surface area contributed by atoms with E-state index in [0.717, 1.165) is 17.1 Å². The smallest absolute Gasteiger partial charge is 0.417 e. The molecule has 30 heavy (non-hydrogen) atoms. The first-order chi connectivity index (χ1) is 14.4. The van der Waals surface area contributed by atoms with Crippen molar-refractivity contribution in [3.63, 3.8) is 0 Å². The van der Waals surface area contributed by atoms with Crippen LogP contribution < -0.4 is 4.74 Å². The zero-order chi connectivity index (χ0) is 21.3. The van der Waals surface area contributed by atoms with Crippen molar-refractivity contribution in [1.29, 1.82) is 0 Å². The van der Waals surface area contributed by atoms with Gasteiger partial charge in [0.2, 0.25) is 5.82 Å². The monoisotopic (exact) mass is 414 g/mol. The molecule has 154 valence electrons. The lowest BCUT2D eigenvalue weighted by Crippen LogP contribution is -2.19. The van der Waals surface area contributed by atoms with Gasteiger partial charge in [0.25, 0.3) is 0 Å². The van der Waals surface area contributed by atoms with Gasteiger partial charge in [-0.2, -0.15) is 8.78 Å². The van der Waals surface area contributed by atoms with Crippen molar-refractivity contribution in [2.45, 2.75) is 19.6 Å². The third kappa shape index (κ3) is 3.71. The Balaban J connectivity index is 1.68. The highest BCUT2D eigenvalue weighted by Gasteiger charge is 2.37. The van der Waals surface area contributed by atoms with Crippen molar-refractivity contribution in [1.82, 2.24) is 19.6 Å². The predicted molar refractivity (Wildman–Crippen MR) is 103 cm³/mol. The number of alkyl halides is 2. The fraction of sp³-hybridized carbons (Fsp3) is 0.190. The minimum atomic E-state index is -3.65. The van der Waals surface area contributed by atoms with Gasteiger partial charge >= 0.3 is 6.11 Å². The van der Waals surface area contributed by atoms with E-state index in [1.165, 1.54) is 18.5 Å². The van der Waals surface area contributed by atoms with Crippen LogP contribution in [0.1, 0.15) is 17.0 Å². The summed E-state index contributed by atoms with van der Waals surface area (Å²) >= 11 is 0. The summed E-state index contributed by atoms with van der Waals surface area (Å²) in [5, 5.41) is 7.12. The molecule has 0 aliphatic heterocycles. The average Bonchev–Trinajstić information content (AvgIpc) is 3.19. The second kappa shape index (κ2) is 7.75. The standard InChI is InChI=1S/C21H17F3N4O2/c1-13-8-15(16(22)9-18(13)30-12-14-6-4-3-5-7-14)17-11-28-19(10-25-17)26-27-20(28)21(23,24)29-2/h3-11H,12H2,1-2H3. The van der Waals surface area contributed by atoms with E-state index in [4.69, 9.17) is 4.74 Å². The Bertz CT molecular complexity index is 1200. The van der Waals surface area contributed by atoms with Crippen LogP contribution in [0.5, 0.6) is 5.75 Å². The Kier molecular flexibility index (Phi) is 5.13. The summed E-state index contributed by atoms with van der Waals surface area (Å²) in [6.07, 6.45) is -1.16. The molecule has 0 saturated carbocycles. The normalized spacial score (nSPS) is 11.8. The predicted octanol–water partition coefficient (Wildman–Crippen LogP) is 4.51. The highest BCUT2D eigenvalue weighted by atomic mass is 19.3. The largest absolute Gasteiger partial charge is 0.489 e. The van der Waals surface area contributed by atoms with Crippen molar-refractivity contribution in [2.24, 2.45) is 0 Å². The number of halogens is 3. The van der Waals surface area contributed by atoms with Crippen LogP contribution in [0.4, 0.5) is 13.2 Å². The molecule has 9 heteroatoms. The molecule has 4 rings (SSSR count). The maximum Gasteiger partial charge on any atom is 0.417 e. The van der Waals surface area contributed by atoms with E-state index in [9.17, 15) is 13.2 Å². The second-order valence-electron chi connectivity index (χ2n) is 6.62. The van der Waals surface area contributed by atoms with E-state index in [-0.39, 0.29) is 16.9 Å². The quantitative estimate of drug-likeness (QED) is 0.465. The van der Waals surface area contributed by atoms with Gasteiger partial charge in [0.05, 0.1) is 11.9 Å². The molecule has 0 amide bonds. The molecule has 2 aromatic heterocycles. The Morgan fingerprint density at radius 3 is 2.60 bits per heavy atom. The van der Waals surface area contributed by atoms with E-state index in [2.05, 4.69) is 19.9 Å². The first kappa shape index (κ1) is 19.8. The molecule has 0 aliphatic carbocycles. The molecule has 0 spiro atoms. The zero-order valence-corrected chi connectivity index (χ0v) is 16.1. The van der Waals surface area contributed by atoms with Gasteiger partial charge in [-0.25, -0.2) is 4.39 Å². The molecule has 0 saturated heterocycles. The summed E-state index contributed by atoms with van der Waals surface area (Å²) in [4.78, 5) is 4.13. The molecule has 2 heterocycles. The van der Waals surface area contributed by atoms with E-state index < -0.39 is 17.8 Å². The molecule has 6 nitrogen and oxygen atoms in total. The number of methoxy groups -OCH3 is 1. The Morgan fingerprint density at radius 2 is 1.87 bits per heavy atom. The summed E-state index contributed by atoms with van der Waals surface area (Å²) in [6.45, 7) is 2.06. The number of aromatic nitrogens is 4. The lowest BCUT2D eigenvalue weighted by molar-refractivity contribution is -0.237. The molecule has 0 radical (unpaired) electrons. The Morgan fingerprint density at radius 1 is 1.10 bits per heavy atom. The molecule has 2 aromatic carbocycles. The molecular formula is C21H17F3N4O2. The Hall–Kier alpha value is -3.46. The summed E-state index contributed by atoms with van der Waals surface area (Å²) < 4.78 is 53.7. The average molecular weight is 414 g/mol. The third-order valence-corrected chi connectivity index (χ3v) is 4.59. The number of aryl methyl sites for hydroxylation is 1. The molecule has 0 fully saturated rings. The highest BCUT2D eigenvalue weighted by molar-refractivity contribution is 5.63. The SMILES string of the molecule is COC(F)(F)c1nnc2cnc(-c3cc(C)c(OCc4ccccc4)cc3F)cn12. The topological polar surface area (TPSA) is 61.5 Å². The summed E-state index contributed by atoms with van der Waals surface area (Å²) in [5.41, 5.74) is 2.00. The van der Waals surface area contributed by atoms with Crippen LogP contribution in [-0.4, -0.2) is 26.7 Å². The van der Waals surface area contributed by atoms with Gasteiger partial charge in [-0.1, -0.05) is 30.3 Å². The van der Waals surface area contributed by atoms with Gasteiger partial charge in [0, 0.05) is 24.9 Å². The summed E-state index contributed by atoms with van der Waals surface area (Å²) in [5.74, 6) is -0.927. The second-order valence-corrected chi connectivity index (χ2v) is 6.62. The number of hydrogen-bond donors (Lipinski definition) is 0. The minimum absolute atomic E-state index is 0.0884. The molecule has 0 atom stereocenters. The van der Waals surface area contributed by atoms with Crippen LogP contribution >= 0.6 is 0 Å². The number of rotatable bonds is 6. The molecule has 0 aliphatic rings. The number of benzene rings is 2. The van der Waals surface area contributed by atoms with Gasteiger partial charge in [-0.3, -0.25) is 9.38 Å². The van der Waals surface area contributed by atoms with Gasteiger partial charge in [0.1, 0.15) is 18.2 Å². The van der Waals surface area contributed by atoms with Gasteiger partial charge < -0.3 is 9.47 Å². The fourth-order valence-corrected chi connectivity index (χ4v) is 2.98. The maximum atomic E-state index is 14.8. The van der Waals surface area contributed by atoms with Crippen molar-refractivity contribution in [3.8, 4) is 17.0 Å². The Labute approximate surface area is 169 Å². The number of nitrogens with zero attached hydrogens (tertiary/aromatic N) is 4. The molecule has 0 bridgehead atoms. The van der Waals surface area contributed by atoms with Gasteiger partial charge in [-0.15, -0.1) is 10.2 Å². The van der Waals surface area contributed by atoms with Crippen molar-refractivity contribution in [2.75, 3.05) is 7.11 Å². The van der Waals surface area contributed by atoms with E-state index >= 15 is 0 Å². The molecule has 0 unspecified atom stereocenters. The lowest BCUT2D eigenvalue weighted by atomic mass is 10.1. The van der Waals surface area contributed by atoms with Crippen LogP contribution in [0.25, 0.3) is 16.9 Å².